The summed E-state index contributed by atoms with van der Waals surface area (Å²) >= 11 is 6.22. The fraction of sp³-hybridized carbons (Fsp3) is 0.812. The van der Waals surface area contributed by atoms with Crippen molar-refractivity contribution in [3.05, 3.63) is 11.1 Å². The second-order valence-corrected chi connectivity index (χ2v) is 6.86. The van der Waals surface area contributed by atoms with Crippen LogP contribution < -0.4 is 0 Å². The molecule has 0 aromatic rings. The maximum atomic E-state index is 10.9. The van der Waals surface area contributed by atoms with Gasteiger partial charge in [0.25, 0.3) is 0 Å². The highest BCUT2D eigenvalue weighted by Gasteiger charge is 2.42. The molecule has 1 aliphatic carbocycles. The lowest BCUT2D eigenvalue weighted by Crippen LogP contribution is -2.28. The average Bonchev–Trinajstić information content (AvgIpc) is 2.65. The van der Waals surface area contributed by atoms with Gasteiger partial charge >= 0.3 is 5.97 Å². The molecule has 1 saturated carbocycles. The molecular weight excluding hydrogens is 308 g/mol. The zero-order chi connectivity index (χ0) is 16.9. The summed E-state index contributed by atoms with van der Waals surface area (Å²) in [4.78, 5) is 10.9. The first kappa shape index (κ1) is 19.4. The number of rotatable bonds is 8. The predicted molar refractivity (Wildman–Crippen MR) is 84.6 cm³/mol. The Morgan fingerprint density at radius 2 is 1.95 bits per heavy atom. The third-order valence-electron chi connectivity index (χ3n) is 4.45. The van der Waals surface area contributed by atoms with Crippen LogP contribution in [0.25, 0.3) is 0 Å². The maximum Gasteiger partial charge on any atom is 0.303 e. The minimum absolute atomic E-state index is 0.126. The van der Waals surface area contributed by atoms with Gasteiger partial charge in [0, 0.05) is 23.3 Å². The lowest BCUT2D eigenvalue weighted by Gasteiger charge is -2.26. The van der Waals surface area contributed by atoms with E-state index in [-0.39, 0.29) is 17.9 Å². The zero-order valence-corrected chi connectivity index (χ0v) is 14.0. The molecule has 128 valence electrons. The largest absolute Gasteiger partial charge is 0.481 e. The summed E-state index contributed by atoms with van der Waals surface area (Å²) in [6.45, 7) is 3.68. The van der Waals surface area contributed by atoms with Crippen molar-refractivity contribution in [3.63, 3.8) is 0 Å². The van der Waals surface area contributed by atoms with Crippen molar-refractivity contribution < 1.29 is 25.2 Å². The van der Waals surface area contributed by atoms with Gasteiger partial charge < -0.3 is 20.4 Å². The quantitative estimate of drug-likeness (QED) is 0.510. The molecule has 5 atom stereocenters. The topological polar surface area (TPSA) is 98.0 Å². The van der Waals surface area contributed by atoms with Crippen LogP contribution in [-0.2, 0) is 4.79 Å². The second-order valence-electron chi connectivity index (χ2n) is 6.46. The van der Waals surface area contributed by atoms with Gasteiger partial charge in [0.15, 0.2) is 0 Å². The van der Waals surface area contributed by atoms with Gasteiger partial charge in [-0.2, -0.15) is 0 Å². The molecule has 0 amide bonds. The van der Waals surface area contributed by atoms with Crippen LogP contribution in [0.3, 0.4) is 0 Å². The molecular formula is C16H27ClO5. The van der Waals surface area contributed by atoms with Gasteiger partial charge in [0.1, 0.15) is 0 Å². The summed E-state index contributed by atoms with van der Waals surface area (Å²) in [5.74, 6) is -2.17. The number of aliphatic hydroxyl groups excluding tert-OH is 2. The Bertz CT molecular complexity index is 407. The molecule has 0 heterocycles. The number of hydrogen-bond donors (Lipinski definition) is 4. The summed E-state index contributed by atoms with van der Waals surface area (Å²) in [6.07, 6.45) is 3.07. The van der Waals surface area contributed by atoms with Crippen molar-refractivity contribution in [3.8, 4) is 0 Å². The van der Waals surface area contributed by atoms with Crippen LogP contribution in [0.2, 0.25) is 0 Å². The summed E-state index contributed by atoms with van der Waals surface area (Å²) in [6, 6.07) is 0. The Hall–Kier alpha value is -0.620. The monoisotopic (exact) mass is 334 g/mol. The van der Waals surface area contributed by atoms with Crippen LogP contribution in [0, 0.1) is 11.8 Å². The molecule has 0 aromatic carbocycles. The first-order valence-electron chi connectivity index (χ1n) is 7.87. The number of carbonyl (C=O) groups is 1. The van der Waals surface area contributed by atoms with E-state index in [4.69, 9.17) is 16.7 Å². The Labute approximate surface area is 136 Å². The van der Waals surface area contributed by atoms with Crippen molar-refractivity contribution in [1.82, 2.24) is 0 Å². The van der Waals surface area contributed by atoms with E-state index in [2.05, 4.69) is 6.92 Å². The molecule has 0 radical (unpaired) electrons. The van der Waals surface area contributed by atoms with E-state index < -0.39 is 35.6 Å². The molecule has 1 fully saturated rings. The van der Waals surface area contributed by atoms with E-state index in [1.165, 1.54) is 6.08 Å². The number of unbranched alkanes of at least 4 members (excludes halogenated alkanes) is 2. The van der Waals surface area contributed by atoms with E-state index in [0.29, 0.717) is 6.42 Å². The van der Waals surface area contributed by atoms with E-state index in [1.807, 2.05) is 0 Å². The van der Waals surface area contributed by atoms with Gasteiger partial charge in [-0.25, -0.2) is 0 Å². The SMILES string of the molecule is CCCCC[C@](C)(O)C(Cl)=C[C@@H]1[C@@H](CC(=O)O)[C@@H](O)C[C@H]1O. The Kier molecular flexibility index (Phi) is 7.32. The normalized spacial score (nSPS) is 32.0. The zero-order valence-electron chi connectivity index (χ0n) is 13.2. The van der Waals surface area contributed by atoms with Gasteiger partial charge in [-0.05, 0) is 13.3 Å². The fourth-order valence-corrected chi connectivity index (χ4v) is 3.26. The highest BCUT2D eigenvalue weighted by Crippen LogP contribution is 2.39. The van der Waals surface area contributed by atoms with Gasteiger partial charge in [-0.1, -0.05) is 43.9 Å². The molecule has 1 rings (SSSR count). The smallest absolute Gasteiger partial charge is 0.303 e. The van der Waals surface area contributed by atoms with Crippen LogP contribution in [-0.4, -0.2) is 44.2 Å². The molecule has 1 aliphatic rings. The fourth-order valence-electron chi connectivity index (χ4n) is 3.02. The maximum absolute atomic E-state index is 10.9. The highest BCUT2D eigenvalue weighted by atomic mass is 35.5. The Balaban J connectivity index is 2.84. The van der Waals surface area contributed by atoms with Crippen molar-refractivity contribution in [2.45, 2.75) is 70.2 Å². The molecule has 6 heteroatoms. The van der Waals surface area contributed by atoms with Gasteiger partial charge in [0.2, 0.25) is 0 Å². The van der Waals surface area contributed by atoms with Gasteiger partial charge in [-0.3, -0.25) is 4.79 Å². The van der Waals surface area contributed by atoms with Crippen LogP contribution in [0.1, 0.15) is 52.4 Å². The number of carboxylic acid groups (broad SMARTS) is 1. The summed E-state index contributed by atoms with van der Waals surface area (Å²) in [5.41, 5.74) is -1.20. The van der Waals surface area contributed by atoms with Crippen molar-refractivity contribution in [2.24, 2.45) is 11.8 Å². The van der Waals surface area contributed by atoms with Crippen LogP contribution in [0.15, 0.2) is 11.1 Å². The summed E-state index contributed by atoms with van der Waals surface area (Å²) < 4.78 is 0. The lowest BCUT2D eigenvalue weighted by atomic mass is 9.88. The standard InChI is InChI=1S/C16H27ClO5/c1-3-4-5-6-16(2,22)14(17)7-10-11(8-15(20)21)13(19)9-12(10)18/h7,10-13,18-19,22H,3-6,8-9H2,1-2H3,(H,20,21)/t10-,11-,12-,13+,16+/m1/s1. The van der Waals surface area contributed by atoms with E-state index >= 15 is 0 Å². The minimum atomic E-state index is -1.20. The molecule has 0 aliphatic heterocycles. The molecule has 22 heavy (non-hydrogen) atoms. The molecule has 0 unspecified atom stereocenters. The summed E-state index contributed by atoms with van der Waals surface area (Å²) in [5, 5.41) is 39.5. The molecule has 0 bridgehead atoms. The minimum Gasteiger partial charge on any atom is -0.481 e. The van der Waals surface area contributed by atoms with Crippen molar-refractivity contribution >= 4 is 17.6 Å². The molecule has 0 saturated heterocycles. The number of hydrogen-bond acceptors (Lipinski definition) is 4. The predicted octanol–water partition coefficient (Wildman–Crippen LogP) is 2.27. The molecule has 5 nitrogen and oxygen atoms in total. The first-order valence-corrected chi connectivity index (χ1v) is 8.25. The average molecular weight is 335 g/mol. The van der Waals surface area contributed by atoms with E-state index in [9.17, 15) is 20.1 Å². The van der Waals surface area contributed by atoms with Crippen LogP contribution in [0.5, 0.6) is 0 Å². The Morgan fingerprint density at radius 1 is 1.32 bits per heavy atom. The number of halogens is 1. The van der Waals surface area contributed by atoms with E-state index in [0.717, 1.165) is 19.3 Å². The van der Waals surface area contributed by atoms with Gasteiger partial charge in [0.05, 0.1) is 24.2 Å². The van der Waals surface area contributed by atoms with E-state index in [1.54, 1.807) is 6.92 Å². The lowest BCUT2D eigenvalue weighted by molar-refractivity contribution is -0.139. The van der Waals surface area contributed by atoms with Gasteiger partial charge in [-0.15, -0.1) is 0 Å². The first-order chi connectivity index (χ1) is 10.2. The summed E-state index contributed by atoms with van der Waals surface area (Å²) in [7, 11) is 0. The third-order valence-corrected chi connectivity index (χ3v) is 4.98. The second kappa shape index (κ2) is 8.29. The van der Waals surface area contributed by atoms with Crippen molar-refractivity contribution in [2.75, 3.05) is 0 Å². The molecule has 4 N–H and O–H groups in total. The molecule has 0 spiro atoms. The number of aliphatic hydroxyl groups is 3. The third kappa shape index (κ3) is 5.23. The van der Waals surface area contributed by atoms with Crippen LogP contribution >= 0.6 is 11.6 Å². The highest BCUT2D eigenvalue weighted by molar-refractivity contribution is 6.30. The number of aliphatic carboxylic acids is 1. The number of carboxylic acids is 1. The van der Waals surface area contributed by atoms with Crippen LogP contribution in [0.4, 0.5) is 0 Å². The molecule has 0 aromatic heterocycles. The van der Waals surface area contributed by atoms with Crippen molar-refractivity contribution in [1.29, 1.82) is 0 Å². The Morgan fingerprint density at radius 3 is 2.50 bits per heavy atom.